The van der Waals surface area contributed by atoms with Crippen molar-refractivity contribution in [3.8, 4) is 5.75 Å². The van der Waals surface area contributed by atoms with Gasteiger partial charge in [-0.15, -0.1) is 0 Å². The largest absolute Gasteiger partial charge is 0.489 e. The minimum absolute atomic E-state index is 0.421. The maximum atomic E-state index is 6.06. The van der Waals surface area contributed by atoms with Crippen LogP contribution in [-0.2, 0) is 6.61 Å². The van der Waals surface area contributed by atoms with Crippen molar-refractivity contribution in [2.75, 3.05) is 5.73 Å². The Hall–Kier alpha value is -0.940. The lowest BCUT2D eigenvalue weighted by molar-refractivity contribution is 0.306. The molecule has 0 aliphatic carbocycles. The zero-order chi connectivity index (χ0) is 12.3. The molecule has 2 aromatic carbocycles. The molecule has 0 fully saturated rings. The number of anilines is 1. The molecule has 0 aliphatic heterocycles. The van der Waals surface area contributed by atoms with E-state index in [1.54, 1.807) is 12.1 Å². The second kappa shape index (κ2) is 5.60. The van der Waals surface area contributed by atoms with Crippen molar-refractivity contribution in [1.29, 1.82) is 0 Å². The fourth-order valence-corrected chi connectivity index (χ4v) is 2.11. The first-order valence-corrected chi connectivity index (χ1v) is 6.53. The molecule has 0 heterocycles. The van der Waals surface area contributed by atoms with Gasteiger partial charge in [-0.3, -0.25) is 0 Å². The number of ether oxygens (including phenoxy) is 1. The molecular weight excluding hydrogens is 349 g/mol. The van der Waals surface area contributed by atoms with Gasteiger partial charge in [0.25, 0.3) is 0 Å². The van der Waals surface area contributed by atoms with Gasteiger partial charge in [-0.2, -0.15) is 0 Å². The molecule has 0 radical (unpaired) electrons. The smallest absolute Gasteiger partial charge is 0.120 e. The van der Waals surface area contributed by atoms with Gasteiger partial charge in [0.05, 0.1) is 0 Å². The summed E-state index contributed by atoms with van der Waals surface area (Å²) in [5.41, 5.74) is 7.29. The highest BCUT2D eigenvalue weighted by molar-refractivity contribution is 14.1. The Morgan fingerprint density at radius 2 is 2.00 bits per heavy atom. The van der Waals surface area contributed by atoms with E-state index in [0.29, 0.717) is 17.3 Å². The Bertz CT molecular complexity index is 531. The molecule has 0 spiro atoms. The van der Waals surface area contributed by atoms with Crippen LogP contribution in [0.3, 0.4) is 0 Å². The van der Waals surface area contributed by atoms with Crippen LogP contribution >= 0.6 is 34.2 Å². The van der Waals surface area contributed by atoms with E-state index >= 15 is 0 Å². The summed E-state index contributed by atoms with van der Waals surface area (Å²) in [6, 6.07) is 13.2. The van der Waals surface area contributed by atoms with Gasteiger partial charge in [-0.25, -0.2) is 0 Å². The molecule has 2 N–H and O–H groups in total. The van der Waals surface area contributed by atoms with Gasteiger partial charge in [0.15, 0.2) is 0 Å². The highest BCUT2D eigenvalue weighted by atomic mass is 127. The van der Waals surface area contributed by atoms with Gasteiger partial charge in [-0.05, 0) is 59.0 Å². The van der Waals surface area contributed by atoms with Crippen molar-refractivity contribution in [3.63, 3.8) is 0 Å². The summed E-state index contributed by atoms with van der Waals surface area (Å²) in [5.74, 6) is 0.829. The molecule has 2 aromatic rings. The quantitative estimate of drug-likeness (QED) is 0.661. The van der Waals surface area contributed by atoms with Crippen LogP contribution < -0.4 is 10.5 Å². The molecule has 0 atom stereocenters. The van der Waals surface area contributed by atoms with Gasteiger partial charge < -0.3 is 10.5 Å². The first-order chi connectivity index (χ1) is 8.15. The molecule has 2 nitrogen and oxygen atoms in total. The highest BCUT2D eigenvalue weighted by Gasteiger charge is 2.02. The van der Waals surface area contributed by atoms with E-state index in [0.717, 1.165) is 14.9 Å². The molecule has 0 amide bonds. The standard InChI is InChI=1S/C13H11ClINO/c14-13-5-4-11(16)6-9(13)8-17-12-3-1-2-10(15)7-12/h1-7H,8,16H2. The maximum Gasteiger partial charge on any atom is 0.120 e. The van der Waals surface area contributed by atoms with E-state index in [1.807, 2.05) is 30.3 Å². The molecule has 0 aromatic heterocycles. The molecule has 88 valence electrons. The summed E-state index contributed by atoms with van der Waals surface area (Å²) in [7, 11) is 0. The topological polar surface area (TPSA) is 35.2 Å². The summed E-state index contributed by atoms with van der Waals surface area (Å²) in [6.07, 6.45) is 0. The summed E-state index contributed by atoms with van der Waals surface area (Å²) < 4.78 is 6.80. The number of hydrogen-bond donors (Lipinski definition) is 1. The highest BCUT2D eigenvalue weighted by Crippen LogP contribution is 2.22. The zero-order valence-corrected chi connectivity index (χ0v) is 11.9. The van der Waals surface area contributed by atoms with E-state index in [4.69, 9.17) is 22.1 Å². The van der Waals surface area contributed by atoms with Gasteiger partial charge in [0, 0.05) is 19.8 Å². The number of halogens is 2. The van der Waals surface area contributed by atoms with Crippen molar-refractivity contribution in [2.24, 2.45) is 0 Å². The molecule has 17 heavy (non-hydrogen) atoms. The van der Waals surface area contributed by atoms with Crippen molar-refractivity contribution in [2.45, 2.75) is 6.61 Å². The van der Waals surface area contributed by atoms with Crippen LogP contribution in [0.1, 0.15) is 5.56 Å². The average molecular weight is 360 g/mol. The van der Waals surface area contributed by atoms with E-state index in [-0.39, 0.29) is 0 Å². The van der Waals surface area contributed by atoms with Crippen LogP contribution in [0.15, 0.2) is 42.5 Å². The minimum atomic E-state index is 0.421. The van der Waals surface area contributed by atoms with Gasteiger partial charge in [0.2, 0.25) is 0 Å². The van der Waals surface area contributed by atoms with Crippen molar-refractivity contribution in [1.82, 2.24) is 0 Å². The molecule has 0 bridgehead atoms. The Morgan fingerprint density at radius 3 is 2.76 bits per heavy atom. The molecule has 0 unspecified atom stereocenters. The average Bonchev–Trinajstić information content (AvgIpc) is 2.30. The Balaban J connectivity index is 2.09. The van der Waals surface area contributed by atoms with Gasteiger partial charge in [-0.1, -0.05) is 17.7 Å². The fourth-order valence-electron chi connectivity index (χ4n) is 1.42. The SMILES string of the molecule is Nc1ccc(Cl)c(COc2cccc(I)c2)c1. The van der Waals surface area contributed by atoms with Crippen LogP contribution in [0.2, 0.25) is 5.02 Å². The molecule has 0 saturated heterocycles. The molecule has 4 heteroatoms. The number of benzene rings is 2. The van der Waals surface area contributed by atoms with Crippen molar-refractivity contribution >= 4 is 39.9 Å². The number of nitrogens with two attached hydrogens (primary N) is 1. The van der Waals surface area contributed by atoms with Gasteiger partial charge in [0.1, 0.15) is 12.4 Å². The van der Waals surface area contributed by atoms with E-state index < -0.39 is 0 Å². The predicted molar refractivity (Wildman–Crippen MR) is 79.4 cm³/mol. The molecular formula is C13H11ClINO. The lowest BCUT2D eigenvalue weighted by Gasteiger charge is -2.08. The lowest BCUT2D eigenvalue weighted by atomic mass is 10.2. The molecule has 0 aliphatic rings. The molecule has 2 rings (SSSR count). The number of nitrogen functional groups attached to an aromatic ring is 1. The number of rotatable bonds is 3. The van der Waals surface area contributed by atoms with Crippen LogP contribution in [0.5, 0.6) is 5.75 Å². The van der Waals surface area contributed by atoms with Gasteiger partial charge >= 0.3 is 0 Å². The third-order valence-corrected chi connectivity index (χ3v) is 3.30. The Morgan fingerprint density at radius 1 is 1.18 bits per heavy atom. The van der Waals surface area contributed by atoms with E-state index in [1.165, 1.54) is 0 Å². The van der Waals surface area contributed by atoms with Crippen molar-refractivity contribution in [3.05, 3.63) is 56.6 Å². The minimum Gasteiger partial charge on any atom is -0.489 e. The lowest BCUT2D eigenvalue weighted by Crippen LogP contribution is -1.98. The zero-order valence-electron chi connectivity index (χ0n) is 8.99. The first kappa shape index (κ1) is 12.5. The maximum absolute atomic E-state index is 6.06. The monoisotopic (exact) mass is 359 g/mol. The molecule has 0 saturated carbocycles. The summed E-state index contributed by atoms with van der Waals surface area (Å²) in [6.45, 7) is 0.421. The summed E-state index contributed by atoms with van der Waals surface area (Å²) >= 11 is 8.30. The fraction of sp³-hybridized carbons (Fsp3) is 0.0769. The van der Waals surface area contributed by atoms with Crippen LogP contribution in [0.25, 0.3) is 0 Å². The second-order valence-corrected chi connectivity index (χ2v) is 5.25. The summed E-state index contributed by atoms with van der Waals surface area (Å²) in [5, 5.41) is 0.671. The number of hydrogen-bond acceptors (Lipinski definition) is 2. The summed E-state index contributed by atoms with van der Waals surface area (Å²) in [4.78, 5) is 0. The second-order valence-electron chi connectivity index (χ2n) is 3.60. The normalized spacial score (nSPS) is 10.2. The first-order valence-electron chi connectivity index (χ1n) is 5.07. The van der Waals surface area contributed by atoms with E-state index in [9.17, 15) is 0 Å². The third-order valence-electron chi connectivity index (χ3n) is 2.26. The van der Waals surface area contributed by atoms with Crippen LogP contribution in [0, 0.1) is 3.57 Å². The third kappa shape index (κ3) is 3.51. The van der Waals surface area contributed by atoms with Crippen LogP contribution in [0.4, 0.5) is 5.69 Å². The van der Waals surface area contributed by atoms with E-state index in [2.05, 4.69) is 22.6 Å². The van der Waals surface area contributed by atoms with Crippen LogP contribution in [-0.4, -0.2) is 0 Å². The van der Waals surface area contributed by atoms with Crippen molar-refractivity contribution < 1.29 is 4.74 Å². The predicted octanol–water partition coefficient (Wildman–Crippen LogP) is 4.11. The Labute approximate surface area is 119 Å². The Kier molecular flexibility index (Phi) is 4.12.